The first-order chi connectivity index (χ1) is 15.4. The Bertz CT molecular complexity index is 1110. The molecule has 0 bridgehead atoms. The van der Waals surface area contributed by atoms with Crippen LogP contribution in [0.25, 0.3) is 21.7 Å². The maximum absolute atomic E-state index is 14.9. The van der Waals surface area contributed by atoms with Crippen LogP contribution >= 0.6 is 11.3 Å². The van der Waals surface area contributed by atoms with E-state index in [2.05, 4.69) is 32.3 Å². The quantitative estimate of drug-likeness (QED) is 0.577. The average Bonchev–Trinajstić information content (AvgIpc) is 3.41. The molecule has 2 fully saturated rings. The molecule has 2 aromatic heterocycles. The van der Waals surface area contributed by atoms with Crippen molar-refractivity contribution < 1.29 is 9.13 Å². The maximum Gasteiger partial charge on any atom is 0.151 e. The second kappa shape index (κ2) is 8.41. The third-order valence-corrected chi connectivity index (χ3v) is 7.57. The minimum absolute atomic E-state index is 0.306. The van der Waals surface area contributed by atoms with Crippen molar-refractivity contribution >= 4 is 17.2 Å². The van der Waals surface area contributed by atoms with E-state index in [1.807, 2.05) is 19.1 Å². The van der Waals surface area contributed by atoms with Crippen LogP contribution in [-0.2, 0) is 0 Å². The summed E-state index contributed by atoms with van der Waals surface area (Å²) >= 11 is 1.46. The van der Waals surface area contributed by atoms with E-state index < -0.39 is 0 Å². The van der Waals surface area contributed by atoms with E-state index in [-0.39, 0.29) is 5.82 Å². The minimum atomic E-state index is -0.326. The number of hydrogen-bond acceptors (Lipinski definition) is 7. The molecule has 0 spiro atoms. The largest absolute Gasteiger partial charge is 0.496 e. The van der Waals surface area contributed by atoms with Crippen molar-refractivity contribution in [3.05, 3.63) is 41.3 Å². The lowest BCUT2D eigenvalue weighted by atomic mass is 9.78. The Kier molecular flexibility index (Phi) is 5.59. The Labute approximate surface area is 191 Å². The predicted molar refractivity (Wildman–Crippen MR) is 126 cm³/mol. The average molecular weight is 454 g/mol. The third-order valence-electron chi connectivity index (χ3n) is 6.62. The van der Waals surface area contributed by atoms with Crippen LogP contribution in [-0.4, -0.2) is 47.0 Å². The minimum Gasteiger partial charge on any atom is -0.496 e. The first-order valence-corrected chi connectivity index (χ1v) is 11.9. The molecule has 0 radical (unpaired) electrons. The number of methoxy groups -OCH3 is 1. The molecule has 0 amide bonds. The molecule has 8 heteroatoms. The van der Waals surface area contributed by atoms with Crippen LogP contribution in [0.5, 0.6) is 5.75 Å². The van der Waals surface area contributed by atoms with Crippen molar-refractivity contribution in [3.63, 3.8) is 0 Å². The molecule has 6 nitrogen and oxygen atoms in total. The summed E-state index contributed by atoms with van der Waals surface area (Å²) in [4.78, 5) is 7.27. The molecular formula is C24H28FN5OS. The normalized spacial score (nSPS) is 19.8. The van der Waals surface area contributed by atoms with Gasteiger partial charge >= 0.3 is 0 Å². The van der Waals surface area contributed by atoms with Crippen molar-refractivity contribution in [1.29, 1.82) is 0 Å². The van der Waals surface area contributed by atoms with Crippen molar-refractivity contribution in [1.82, 2.24) is 20.5 Å². The fourth-order valence-corrected chi connectivity index (χ4v) is 5.46. The number of anilines is 1. The molecule has 1 aromatic carbocycles. The highest BCUT2D eigenvalue weighted by molar-refractivity contribution is 7.15. The Morgan fingerprint density at radius 2 is 2.06 bits per heavy atom. The van der Waals surface area contributed by atoms with E-state index in [0.717, 1.165) is 35.2 Å². The third kappa shape index (κ3) is 4.09. The van der Waals surface area contributed by atoms with Crippen LogP contribution in [0.4, 0.5) is 10.2 Å². The van der Waals surface area contributed by atoms with Gasteiger partial charge < -0.3 is 15.0 Å². The SMILES string of the molecule is COc1cc(-c2cnc(C)s2)c(F)cc1-c1ccc(N2CCC(NC3(C)CCC3)C2)nn1. The number of aryl methyl sites for hydroxylation is 1. The number of nitrogens with one attached hydrogen (secondary N) is 1. The summed E-state index contributed by atoms with van der Waals surface area (Å²) < 4.78 is 20.5. The van der Waals surface area contributed by atoms with E-state index in [1.54, 1.807) is 19.4 Å². The van der Waals surface area contributed by atoms with E-state index in [1.165, 1.54) is 36.7 Å². The van der Waals surface area contributed by atoms with Gasteiger partial charge in [-0.25, -0.2) is 9.37 Å². The fraction of sp³-hybridized carbons (Fsp3) is 0.458. The molecule has 1 aliphatic heterocycles. The van der Waals surface area contributed by atoms with Gasteiger partial charge in [0, 0.05) is 42.0 Å². The van der Waals surface area contributed by atoms with Gasteiger partial charge in [0.1, 0.15) is 11.6 Å². The zero-order valence-electron chi connectivity index (χ0n) is 18.7. The molecule has 1 N–H and O–H groups in total. The number of halogens is 1. The summed E-state index contributed by atoms with van der Waals surface area (Å²) in [5.74, 6) is 1.09. The van der Waals surface area contributed by atoms with Crippen molar-refractivity contribution in [2.45, 2.75) is 51.1 Å². The van der Waals surface area contributed by atoms with Gasteiger partial charge in [-0.2, -0.15) is 0 Å². The lowest BCUT2D eigenvalue weighted by Crippen LogP contribution is -2.53. The Balaban J connectivity index is 1.34. The molecule has 1 saturated carbocycles. The standard InChI is InChI=1S/C24H28FN5OS/c1-15-26-13-22(32-15)17-12-21(31-3)18(11-19(17)25)20-5-6-23(29-28-20)30-10-7-16(14-30)27-24(2)8-4-9-24/h5-6,11-13,16,27H,4,7-10,14H2,1-3H3. The summed E-state index contributed by atoms with van der Waals surface area (Å²) in [5, 5.41) is 13.6. The van der Waals surface area contributed by atoms with Gasteiger partial charge in [-0.1, -0.05) is 0 Å². The van der Waals surface area contributed by atoms with Gasteiger partial charge in [-0.15, -0.1) is 21.5 Å². The van der Waals surface area contributed by atoms with Crippen LogP contribution in [0.15, 0.2) is 30.5 Å². The van der Waals surface area contributed by atoms with Gasteiger partial charge in [-0.05, 0) is 63.8 Å². The smallest absolute Gasteiger partial charge is 0.151 e. The van der Waals surface area contributed by atoms with E-state index in [4.69, 9.17) is 4.74 Å². The summed E-state index contributed by atoms with van der Waals surface area (Å²) in [7, 11) is 1.58. The second-order valence-electron chi connectivity index (χ2n) is 9.04. The van der Waals surface area contributed by atoms with Crippen LogP contribution in [0.3, 0.4) is 0 Å². The van der Waals surface area contributed by atoms with Crippen LogP contribution in [0.1, 0.15) is 37.6 Å². The molecule has 1 aliphatic carbocycles. The first kappa shape index (κ1) is 21.3. The van der Waals surface area contributed by atoms with E-state index >= 15 is 0 Å². The number of hydrogen-bond donors (Lipinski definition) is 1. The van der Waals surface area contributed by atoms with Crippen molar-refractivity contribution in [3.8, 4) is 27.4 Å². The highest BCUT2D eigenvalue weighted by Gasteiger charge is 2.35. The van der Waals surface area contributed by atoms with Gasteiger partial charge in [0.25, 0.3) is 0 Å². The molecule has 168 valence electrons. The lowest BCUT2D eigenvalue weighted by Gasteiger charge is -2.41. The number of thiazole rings is 1. The van der Waals surface area contributed by atoms with Gasteiger partial charge in [0.2, 0.25) is 0 Å². The van der Waals surface area contributed by atoms with Gasteiger partial charge in [-0.3, -0.25) is 0 Å². The van der Waals surface area contributed by atoms with Crippen molar-refractivity contribution in [2.24, 2.45) is 0 Å². The zero-order valence-corrected chi connectivity index (χ0v) is 19.5. The molecule has 3 heterocycles. The summed E-state index contributed by atoms with van der Waals surface area (Å²) in [6.45, 7) is 6.12. The zero-order chi connectivity index (χ0) is 22.3. The van der Waals surface area contributed by atoms with Crippen LogP contribution in [0.2, 0.25) is 0 Å². The van der Waals surface area contributed by atoms with Gasteiger partial charge in [0.05, 0.1) is 22.7 Å². The second-order valence-corrected chi connectivity index (χ2v) is 10.3. The van der Waals surface area contributed by atoms with Crippen molar-refractivity contribution in [2.75, 3.05) is 25.1 Å². The lowest BCUT2D eigenvalue weighted by molar-refractivity contribution is 0.189. The summed E-state index contributed by atoms with van der Waals surface area (Å²) in [6, 6.07) is 7.53. The molecule has 5 rings (SSSR count). The molecule has 1 saturated heterocycles. The summed E-state index contributed by atoms with van der Waals surface area (Å²) in [5.41, 5.74) is 1.97. The molecule has 2 aliphatic rings. The molecule has 1 unspecified atom stereocenters. The maximum atomic E-state index is 14.9. The number of benzene rings is 1. The molecule has 1 atom stereocenters. The molecule has 3 aromatic rings. The number of aromatic nitrogens is 3. The highest BCUT2D eigenvalue weighted by Crippen LogP contribution is 2.37. The van der Waals surface area contributed by atoms with Crippen LogP contribution in [0, 0.1) is 12.7 Å². The van der Waals surface area contributed by atoms with Crippen LogP contribution < -0.4 is 15.0 Å². The Morgan fingerprint density at radius 1 is 1.22 bits per heavy atom. The number of nitrogens with zero attached hydrogens (tertiary/aromatic N) is 4. The number of ether oxygens (including phenoxy) is 1. The molecular weight excluding hydrogens is 425 g/mol. The van der Waals surface area contributed by atoms with Gasteiger partial charge in [0.15, 0.2) is 5.82 Å². The first-order valence-electron chi connectivity index (χ1n) is 11.1. The Hall–Kier alpha value is -2.58. The topological polar surface area (TPSA) is 63.2 Å². The molecule has 32 heavy (non-hydrogen) atoms. The Morgan fingerprint density at radius 3 is 2.69 bits per heavy atom. The van der Waals surface area contributed by atoms with E-state index in [0.29, 0.717) is 34.2 Å². The highest BCUT2D eigenvalue weighted by atomic mass is 32.1. The van der Waals surface area contributed by atoms with E-state index in [9.17, 15) is 4.39 Å². The predicted octanol–water partition coefficient (Wildman–Crippen LogP) is 4.83. The summed E-state index contributed by atoms with van der Waals surface area (Å²) in [6.07, 6.45) is 6.64. The number of rotatable bonds is 6. The fourth-order valence-electron chi connectivity index (χ4n) is 4.67. The monoisotopic (exact) mass is 453 g/mol.